The zero-order valence-electron chi connectivity index (χ0n) is 9.95. The molecule has 0 radical (unpaired) electrons. The Balaban J connectivity index is 2.08. The summed E-state index contributed by atoms with van der Waals surface area (Å²) in [5.74, 6) is 0. The maximum absolute atomic E-state index is 11.6. The fourth-order valence-electron chi connectivity index (χ4n) is 1.71. The molecule has 0 aliphatic rings. The van der Waals surface area contributed by atoms with Gasteiger partial charge in [0.2, 0.25) is 0 Å². The Morgan fingerprint density at radius 1 is 1.16 bits per heavy atom. The largest absolute Gasteiger partial charge is 0.314 e. The topological polar surface area (TPSA) is 65.1 Å². The van der Waals surface area contributed by atoms with Crippen molar-refractivity contribution in [3.8, 4) is 0 Å². The maximum Gasteiger partial charge on any atom is 0.269 e. The van der Waals surface area contributed by atoms with Gasteiger partial charge in [0.05, 0.1) is 4.92 Å². The third-order valence-corrected chi connectivity index (χ3v) is 3.20. The van der Waals surface area contributed by atoms with Gasteiger partial charge in [0.1, 0.15) is 0 Å². The number of aromatic nitrogens is 1. The molecule has 0 aliphatic carbocycles. The number of rotatable bonds is 4. The smallest absolute Gasteiger partial charge is 0.269 e. The molecule has 0 amide bonds. The van der Waals surface area contributed by atoms with Crippen LogP contribution >= 0.6 is 15.9 Å². The zero-order valence-corrected chi connectivity index (χ0v) is 11.5. The van der Waals surface area contributed by atoms with Crippen LogP contribution in [-0.2, 0) is 13.0 Å². The van der Waals surface area contributed by atoms with Crippen LogP contribution in [0.5, 0.6) is 0 Å². The number of non-ortho nitro benzene ring substituents is 1. The van der Waals surface area contributed by atoms with Crippen molar-refractivity contribution >= 4 is 21.6 Å². The first kappa shape index (κ1) is 13.5. The van der Waals surface area contributed by atoms with Crippen molar-refractivity contribution in [1.82, 2.24) is 4.57 Å². The molecule has 19 heavy (non-hydrogen) atoms. The second-order valence-corrected chi connectivity index (χ2v) is 4.97. The van der Waals surface area contributed by atoms with Crippen LogP contribution in [-0.4, -0.2) is 9.49 Å². The highest BCUT2D eigenvalue weighted by molar-refractivity contribution is 9.10. The van der Waals surface area contributed by atoms with Crippen molar-refractivity contribution in [3.63, 3.8) is 0 Å². The summed E-state index contributed by atoms with van der Waals surface area (Å²) >= 11 is 3.31. The van der Waals surface area contributed by atoms with Gasteiger partial charge in [-0.15, -0.1) is 0 Å². The Morgan fingerprint density at radius 2 is 1.84 bits per heavy atom. The predicted molar refractivity (Wildman–Crippen MR) is 75.2 cm³/mol. The summed E-state index contributed by atoms with van der Waals surface area (Å²) in [6, 6.07) is 9.56. The second-order valence-electron chi connectivity index (χ2n) is 4.05. The monoisotopic (exact) mass is 322 g/mol. The van der Waals surface area contributed by atoms with E-state index in [4.69, 9.17) is 0 Å². The number of nitro groups is 1. The van der Waals surface area contributed by atoms with Crippen molar-refractivity contribution in [2.24, 2.45) is 0 Å². The molecule has 0 spiro atoms. The van der Waals surface area contributed by atoms with Crippen LogP contribution in [0.4, 0.5) is 5.69 Å². The number of nitrogens with zero attached hydrogens (tertiary/aromatic N) is 2. The van der Waals surface area contributed by atoms with Crippen LogP contribution in [0.15, 0.2) is 51.9 Å². The molecule has 0 saturated heterocycles. The van der Waals surface area contributed by atoms with Crippen molar-refractivity contribution < 1.29 is 4.92 Å². The van der Waals surface area contributed by atoms with E-state index in [2.05, 4.69) is 15.9 Å². The van der Waals surface area contributed by atoms with E-state index in [1.54, 1.807) is 29.0 Å². The molecule has 0 aliphatic heterocycles. The molecule has 5 nitrogen and oxygen atoms in total. The SMILES string of the molecule is O=c1ccc(Br)cn1CCc1ccc([N+](=O)[O-])cc1. The minimum atomic E-state index is -0.428. The van der Waals surface area contributed by atoms with E-state index in [0.717, 1.165) is 10.0 Å². The molecule has 2 aromatic rings. The summed E-state index contributed by atoms with van der Waals surface area (Å²) in [5, 5.41) is 10.5. The molecule has 1 heterocycles. The van der Waals surface area contributed by atoms with E-state index < -0.39 is 4.92 Å². The van der Waals surface area contributed by atoms with Gasteiger partial charge in [-0.05, 0) is 34.0 Å². The third kappa shape index (κ3) is 3.51. The Morgan fingerprint density at radius 3 is 2.47 bits per heavy atom. The predicted octanol–water partition coefficient (Wildman–Crippen LogP) is 2.76. The number of hydrogen-bond acceptors (Lipinski definition) is 3. The van der Waals surface area contributed by atoms with Crippen LogP contribution in [0.25, 0.3) is 0 Å². The van der Waals surface area contributed by atoms with E-state index in [-0.39, 0.29) is 11.2 Å². The van der Waals surface area contributed by atoms with Crippen LogP contribution in [0.1, 0.15) is 5.56 Å². The van der Waals surface area contributed by atoms with Gasteiger partial charge in [-0.2, -0.15) is 0 Å². The van der Waals surface area contributed by atoms with Crippen LogP contribution in [0, 0.1) is 10.1 Å². The molecule has 0 N–H and O–H groups in total. The van der Waals surface area contributed by atoms with Gasteiger partial charge in [0.15, 0.2) is 0 Å². The maximum atomic E-state index is 11.6. The lowest BCUT2D eigenvalue weighted by molar-refractivity contribution is -0.384. The van der Waals surface area contributed by atoms with Gasteiger partial charge in [-0.25, -0.2) is 0 Å². The molecule has 6 heteroatoms. The first-order chi connectivity index (χ1) is 9.06. The summed E-state index contributed by atoms with van der Waals surface area (Å²) in [6.07, 6.45) is 2.38. The molecule has 0 fully saturated rings. The summed E-state index contributed by atoms with van der Waals surface area (Å²) in [4.78, 5) is 21.7. The highest BCUT2D eigenvalue weighted by Crippen LogP contribution is 2.13. The fourth-order valence-corrected chi connectivity index (χ4v) is 2.09. The molecule has 0 unspecified atom stereocenters. The van der Waals surface area contributed by atoms with E-state index in [0.29, 0.717) is 13.0 Å². The van der Waals surface area contributed by atoms with Crippen molar-refractivity contribution in [2.75, 3.05) is 0 Å². The lowest BCUT2D eigenvalue weighted by atomic mass is 10.1. The minimum absolute atomic E-state index is 0.0647. The molecule has 98 valence electrons. The lowest BCUT2D eigenvalue weighted by Gasteiger charge is -2.06. The number of benzene rings is 1. The summed E-state index contributed by atoms with van der Waals surface area (Å²) in [7, 11) is 0. The van der Waals surface area contributed by atoms with Crippen molar-refractivity contribution in [3.05, 3.63) is 73.1 Å². The zero-order chi connectivity index (χ0) is 13.8. The molecule has 2 rings (SSSR count). The first-order valence-corrected chi connectivity index (χ1v) is 6.45. The number of nitro benzene ring substituents is 1. The number of aryl methyl sites for hydroxylation is 2. The Labute approximate surface area is 117 Å². The number of halogens is 1. The Bertz CT molecular complexity index is 650. The molecule has 0 bridgehead atoms. The van der Waals surface area contributed by atoms with Gasteiger partial charge >= 0.3 is 0 Å². The summed E-state index contributed by atoms with van der Waals surface area (Å²) in [5.41, 5.74) is 0.964. The van der Waals surface area contributed by atoms with Gasteiger partial charge in [0, 0.05) is 35.4 Å². The first-order valence-electron chi connectivity index (χ1n) is 5.65. The third-order valence-electron chi connectivity index (χ3n) is 2.74. The Hall–Kier alpha value is -1.95. The van der Waals surface area contributed by atoms with Crippen LogP contribution in [0.3, 0.4) is 0 Å². The minimum Gasteiger partial charge on any atom is -0.314 e. The van der Waals surface area contributed by atoms with Crippen LogP contribution < -0.4 is 5.56 Å². The average Bonchev–Trinajstić information content (AvgIpc) is 2.40. The van der Waals surface area contributed by atoms with Crippen LogP contribution in [0.2, 0.25) is 0 Å². The molecule has 0 atom stereocenters. The molecular formula is C13H11BrN2O3. The molecule has 1 aromatic heterocycles. The van der Waals surface area contributed by atoms with Gasteiger partial charge in [-0.3, -0.25) is 14.9 Å². The number of pyridine rings is 1. The van der Waals surface area contributed by atoms with Gasteiger partial charge < -0.3 is 4.57 Å². The molecule has 0 saturated carbocycles. The van der Waals surface area contributed by atoms with Crippen molar-refractivity contribution in [1.29, 1.82) is 0 Å². The van der Waals surface area contributed by atoms with Gasteiger partial charge in [-0.1, -0.05) is 12.1 Å². The lowest BCUT2D eigenvalue weighted by Crippen LogP contribution is -2.19. The standard InChI is InChI=1S/C13H11BrN2O3/c14-11-3-6-13(17)15(9-11)8-7-10-1-4-12(5-2-10)16(18)19/h1-6,9H,7-8H2. The van der Waals surface area contributed by atoms with E-state index in [1.807, 2.05) is 0 Å². The van der Waals surface area contributed by atoms with E-state index >= 15 is 0 Å². The molecule has 1 aromatic carbocycles. The average molecular weight is 323 g/mol. The Kier molecular flexibility index (Phi) is 4.11. The summed E-state index contributed by atoms with van der Waals surface area (Å²) < 4.78 is 2.45. The van der Waals surface area contributed by atoms with Crippen molar-refractivity contribution in [2.45, 2.75) is 13.0 Å². The van der Waals surface area contributed by atoms with Gasteiger partial charge in [0.25, 0.3) is 11.2 Å². The molecular weight excluding hydrogens is 312 g/mol. The quantitative estimate of drug-likeness (QED) is 0.642. The van der Waals surface area contributed by atoms with E-state index in [1.165, 1.54) is 18.2 Å². The van der Waals surface area contributed by atoms with E-state index in [9.17, 15) is 14.9 Å². The highest BCUT2D eigenvalue weighted by Gasteiger charge is 2.04. The normalized spacial score (nSPS) is 10.4. The highest BCUT2D eigenvalue weighted by atomic mass is 79.9. The fraction of sp³-hybridized carbons (Fsp3) is 0.154. The summed E-state index contributed by atoms with van der Waals surface area (Å²) in [6.45, 7) is 0.538. The number of hydrogen-bond donors (Lipinski definition) is 0. The second kappa shape index (κ2) is 5.79.